The summed E-state index contributed by atoms with van der Waals surface area (Å²) < 4.78 is 5.18. The highest BCUT2D eigenvalue weighted by molar-refractivity contribution is 8.00. The van der Waals surface area contributed by atoms with Crippen molar-refractivity contribution < 1.29 is 19.1 Å². The first kappa shape index (κ1) is 27.7. The summed E-state index contributed by atoms with van der Waals surface area (Å²) in [6.07, 6.45) is 1.53. The average Bonchev–Trinajstić information content (AvgIpc) is 2.97. The number of thioether (sulfide) groups is 1. The maximum absolute atomic E-state index is 13.2. The van der Waals surface area contributed by atoms with E-state index in [2.05, 4.69) is 10.6 Å². The van der Waals surface area contributed by atoms with Crippen molar-refractivity contribution in [2.75, 3.05) is 18.2 Å². The number of Topliss-reactive ketones (excluding diaryl/α,β-unsaturated/α-hetero) is 1. The topological polar surface area (TPSA) is 84.5 Å². The van der Waals surface area contributed by atoms with Crippen LogP contribution in [0.25, 0.3) is 6.08 Å². The summed E-state index contributed by atoms with van der Waals surface area (Å²) in [4.78, 5) is 39.4. The number of halogens is 1. The Bertz CT molecular complexity index is 1500. The zero-order chi connectivity index (χ0) is 27.6. The number of ether oxygens (including phenoxy) is 1. The van der Waals surface area contributed by atoms with Gasteiger partial charge in [0.25, 0.3) is 11.8 Å². The van der Waals surface area contributed by atoms with Crippen molar-refractivity contribution in [1.29, 1.82) is 0 Å². The number of methoxy groups -OCH3 is 1. The number of hydrogen-bond acceptors (Lipinski definition) is 5. The van der Waals surface area contributed by atoms with Gasteiger partial charge in [0.15, 0.2) is 5.78 Å². The monoisotopic (exact) mass is 556 g/mol. The summed E-state index contributed by atoms with van der Waals surface area (Å²) in [7, 11) is 1.56. The molecule has 0 fully saturated rings. The summed E-state index contributed by atoms with van der Waals surface area (Å²) in [6, 6.07) is 29.8. The average molecular weight is 557 g/mol. The zero-order valence-corrected chi connectivity index (χ0v) is 22.6. The molecule has 0 unspecified atom stereocenters. The molecule has 2 N–H and O–H groups in total. The van der Waals surface area contributed by atoms with Crippen LogP contribution in [0.2, 0.25) is 5.02 Å². The van der Waals surface area contributed by atoms with Gasteiger partial charge in [-0.2, -0.15) is 0 Å². The first-order valence-electron chi connectivity index (χ1n) is 12.0. The van der Waals surface area contributed by atoms with Crippen molar-refractivity contribution in [2.45, 2.75) is 4.90 Å². The number of carbonyl (C=O) groups excluding carboxylic acids is 3. The van der Waals surface area contributed by atoms with Gasteiger partial charge >= 0.3 is 0 Å². The lowest BCUT2D eigenvalue weighted by Crippen LogP contribution is -2.30. The van der Waals surface area contributed by atoms with Crippen LogP contribution in [0.4, 0.5) is 5.69 Å². The zero-order valence-electron chi connectivity index (χ0n) is 21.0. The molecule has 196 valence electrons. The largest absolute Gasteiger partial charge is 0.497 e. The van der Waals surface area contributed by atoms with E-state index in [-0.39, 0.29) is 17.2 Å². The molecule has 0 radical (unpaired) electrons. The molecule has 0 atom stereocenters. The third-order valence-corrected chi connectivity index (χ3v) is 6.96. The minimum Gasteiger partial charge on any atom is -0.497 e. The molecule has 0 aliphatic rings. The Hall–Kier alpha value is -4.33. The summed E-state index contributed by atoms with van der Waals surface area (Å²) in [6.45, 7) is 0. The first-order chi connectivity index (χ1) is 18.9. The Morgan fingerprint density at radius 3 is 2.26 bits per heavy atom. The normalized spacial score (nSPS) is 11.0. The number of benzene rings is 4. The van der Waals surface area contributed by atoms with Crippen molar-refractivity contribution in [3.63, 3.8) is 0 Å². The third kappa shape index (κ3) is 7.83. The predicted molar refractivity (Wildman–Crippen MR) is 156 cm³/mol. The van der Waals surface area contributed by atoms with Gasteiger partial charge in [-0.25, -0.2) is 0 Å². The molecule has 4 aromatic rings. The third-order valence-electron chi connectivity index (χ3n) is 5.61. The minimum absolute atomic E-state index is 0.0141. The van der Waals surface area contributed by atoms with Gasteiger partial charge in [-0.15, -0.1) is 11.8 Å². The van der Waals surface area contributed by atoms with E-state index in [0.29, 0.717) is 33.1 Å². The maximum atomic E-state index is 13.2. The van der Waals surface area contributed by atoms with Gasteiger partial charge in [-0.3, -0.25) is 14.4 Å². The molecule has 0 spiro atoms. The molecule has 0 saturated heterocycles. The van der Waals surface area contributed by atoms with Crippen LogP contribution in [0.15, 0.2) is 114 Å². The number of anilines is 1. The van der Waals surface area contributed by atoms with E-state index in [1.54, 1.807) is 98.1 Å². The van der Waals surface area contributed by atoms with Gasteiger partial charge in [0, 0.05) is 26.7 Å². The quantitative estimate of drug-likeness (QED) is 0.128. The van der Waals surface area contributed by atoms with E-state index in [4.69, 9.17) is 16.3 Å². The van der Waals surface area contributed by atoms with E-state index >= 15 is 0 Å². The lowest BCUT2D eigenvalue weighted by atomic mass is 10.1. The molecule has 0 aromatic heterocycles. The lowest BCUT2D eigenvalue weighted by Gasteiger charge is -2.12. The van der Waals surface area contributed by atoms with Gasteiger partial charge in [0.1, 0.15) is 11.4 Å². The standard InChI is InChI=1S/C31H25ClN2O4S/c1-38-25-12-7-11-23(18-25)29(35)20-39-26-16-14-24(15-17-26)33-31(37)28(19-22-10-5-6-13-27(22)32)34-30(36)21-8-3-2-4-9-21/h2-19H,20H2,1H3,(H,33,37)(H,34,36)/b28-19-. The van der Waals surface area contributed by atoms with Gasteiger partial charge in [0.05, 0.1) is 12.9 Å². The van der Waals surface area contributed by atoms with Gasteiger partial charge in [0.2, 0.25) is 0 Å². The van der Waals surface area contributed by atoms with Crippen LogP contribution in [0.3, 0.4) is 0 Å². The number of ketones is 1. The molecule has 0 heterocycles. The molecule has 4 rings (SSSR count). The van der Waals surface area contributed by atoms with Crippen LogP contribution in [0.1, 0.15) is 26.3 Å². The van der Waals surface area contributed by atoms with Crippen LogP contribution < -0.4 is 15.4 Å². The molecule has 0 aliphatic carbocycles. The van der Waals surface area contributed by atoms with Crippen LogP contribution in [0.5, 0.6) is 5.75 Å². The van der Waals surface area contributed by atoms with E-state index in [9.17, 15) is 14.4 Å². The lowest BCUT2D eigenvalue weighted by molar-refractivity contribution is -0.113. The number of amides is 2. The summed E-state index contributed by atoms with van der Waals surface area (Å²) in [5, 5.41) is 5.96. The smallest absolute Gasteiger partial charge is 0.272 e. The molecule has 0 saturated carbocycles. The molecule has 2 amide bonds. The minimum atomic E-state index is -0.507. The fraction of sp³-hybridized carbons (Fsp3) is 0.0645. The number of carbonyl (C=O) groups is 3. The van der Waals surface area contributed by atoms with Crippen molar-refractivity contribution in [1.82, 2.24) is 5.32 Å². The number of hydrogen-bond donors (Lipinski definition) is 2. The molecule has 8 heteroatoms. The summed E-state index contributed by atoms with van der Waals surface area (Å²) in [5.41, 5.74) is 2.16. The number of nitrogens with one attached hydrogen (secondary N) is 2. The Morgan fingerprint density at radius 1 is 0.846 bits per heavy atom. The maximum Gasteiger partial charge on any atom is 0.272 e. The molecular weight excluding hydrogens is 532 g/mol. The van der Waals surface area contributed by atoms with E-state index < -0.39 is 11.8 Å². The Balaban J connectivity index is 1.44. The van der Waals surface area contributed by atoms with Crippen molar-refractivity contribution in [3.8, 4) is 5.75 Å². The molecule has 6 nitrogen and oxygen atoms in total. The molecule has 4 aromatic carbocycles. The second-order valence-corrected chi connectivity index (χ2v) is 9.78. The Labute approximate surface area is 236 Å². The highest BCUT2D eigenvalue weighted by Gasteiger charge is 2.16. The molecule has 0 aliphatic heterocycles. The fourth-order valence-electron chi connectivity index (χ4n) is 3.55. The van der Waals surface area contributed by atoms with Crippen LogP contribution in [-0.4, -0.2) is 30.5 Å². The molecule has 0 bridgehead atoms. The predicted octanol–water partition coefficient (Wildman–Crippen LogP) is 6.73. The summed E-state index contributed by atoms with van der Waals surface area (Å²) in [5.74, 6) is -0.0484. The van der Waals surface area contributed by atoms with Crippen LogP contribution >= 0.6 is 23.4 Å². The van der Waals surface area contributed by atoms with Crippen LogP contribution in [0, 0.1) is 0 Å². The highest BCUT2D eigenvalue weighted by Crippen LogP contribution is 2.23. The van der Waals surface area contributed by atoms with Crippen molar-refractivity contribution >= 4 is 52.7 Å². The molecular formula is C31H25ClN2O4S. The van der Waals surface area contributed by atoms with E-state index in [1.165, 1.54) is 17.8 Å². The van der Waals surface area contributed by atoms with Crippen molar-refractivity contribution in [3.05, 3.63) is 131 Å². The Morgan fingerprint density at radius 2 is 1.54 bits per heavy atom. The van der Waals surface area contributed by atoms with Crippen LogP contribution in [-0.2, 0) is 4.79 Å². The fourth-order valence-corrected chi connectivity index (χ4v) is 4.53. The number of rotatable bonds is 10. The Kier molecular flexibility index (Phi) is 9.56. The van der Waals surface area contributed by atoms with E-state index in [0.717, 1.165) is 4.90 Å². The second kappa shape index (κ2) is 13.5. The SMILES string of the molecule is COc1cccc(C(=O)CSc2ccc(NC(=O)/C(=C/c3ccccc3Cl)NC(=O)c3ccccc3)cc2)c1. The summed E-state index contributed by atoms with van der Waals surface area (Å²) >= 11 is 7.68. The van der Waals surface area contributed by atoms with Gasteiger partial charge in [-0.05, 0) is 66.2 Å². The van der Waals surface area contributed by atoms with Gasteiger partial charge in [-0.1, -0.05) is 60.1 Å². The second-order valence-electron chi connectivity index (χ2n) is 8.32. The van der Waals surface area contributed by atoms with Gasteiger partial charge < -0.3 is 15.4 Å². The van der Waals surface area contributed by atoms with Crippen molar-refractivity contribution in [2.24, 2.45) is 0 Å². The first-order valence-corrected chi connectivity index (χ1v) is 13.3. The molecule has 39 heavy (non-hydrogen) atoms. The van der Waals surface area contributed by atoms with E-state index in [1.807, 2.05) is 12.1 Å². The highest BCUT2D eigenvalue weighted by atomic mass is 35.5.